The van der Waals surface area contributed by atoms with Crippen molar-refractivity contribution in [3.8, 4) is 0 Å². The van der Waals surface area contributed by atoms with Gasteiger partial charge in [-0.3, -0.25) is 0 Å². The third-order valence-corrected chi connectivity index (χ3v) is 15.9. The maximum atomic E-state index is 10.5. The van der Waals surface area contributed by atoms with E-state index in [9.17, 15) is 10.2 Å². The SMILES string of the molecule is C=CC[N@+]12CC[C@]34c5ccccc5N5C=C6[C@H]7C[C@H]8[C@]9(CC[N@+]8(CC=C)C/C7=C/CO)c7ccccc7N(C=C([C@@H](C[C@H]31)/C(=C\CO)C2)[C@H]54)[C@@H]69. The van der Waals surface area contributed by atoms with E-state index in [0.29, 0.717) is 23.9 Å². The second-order valence-electron chi connectivity index (χ2n) is 17.2. The number of para-hydroxylation sites is 2. The molecule has 0 unspecified atom stereocenters. The van der Waals surface area contributed by atoms with Gasteiger partial charge in [-0.1, -0.05) is 61.7 Å². The molecular formula is C44H50N4O2+2. The maximum Gasteiger partial charge on any atom is 0.103 e. The van der Waals surface area contributed by atoms with Gasteiger partial charge in [-0.2, -0.15) is 0 Å². The topological polar surface area (TPSA) is 46.9 Å². The minimum absolute atomic E-state index is 0.0183. The van der Waals surface area contributed by atoms with Crippen LogP contribution in [0.5, 0.6) is 0 Å². The van der Waals surface area contributed by atoms with E-state index in [0.717, 1.165) is 73.9 Å². The Bertz CT molecular complexity index is 1850. The number of piperidine rings is 2. The Morgan fingerprint density at radius 3 is 1.54 bits per heavy atom. The summed E-state index contributed by atoms with van der Waals surface area (Å²) in [5.41, 5.74) is 11.8. The van der Waals surface area contributed by atoms with Crippen LogP contribution in [-0.4, -0.2) is 95.8 Å². The lowest BCUT2D eigenvalue weighted by Gasteiger charge is -2.59. The highest BCUT2D eigenvalue weighted by molar-refractivity contribution is 5.77. The normalized spacial score (nSPS) is 43.4. The summed E-state index contributed by atoms with van der Waals surface area (Å²) in [5, 5.41) is 20.9. The zero-order valence-corrected chi connectivity index (χ0v) is 29.1. The second kappa shape index (κ2) is 10.0. The van der Waals surface area contributed by atoms with E-state index in [1.165, 1.54) is 33.6 Å². The molecule has 4 bridgehead atoms. The van der Waals surface area contributed by atoms with Crippen molar-refractivity contribution in [2.24, 2.45) is 11.8 Å². The molecule has 6 heteroatoms. The summed E-state index contributed by atoms with van der Waals surface area (Å²) in [5.74, 6) is 0.615. The Labute approximate surface area is 296 Å². The number of aliphatic hydroxyl groups is 2. The molecule has 4 saturated heterocycles. The molecule has 0 amide bonds. The molecule has 2 N–H and O–H groups in total. The molecule has 9 aliphatic rings. The quantitative estimate of drug-likeness (QED) is 0.317. The zero-order valence-electron chi connectivity index (χ0n) is 29.1. The van der Waals surface area contributed by atoms with Gasteiger partial charge in [0, 0.05) is 61.3 Å². The number of nitrogens with zero attached hydrogens (tertiary/aromatic N) is 4. The molecule has 6 nitrogen and oxygen atoms in total. The fourth-order valence-electron chi connectivity index (χ4n) is 14.6. The second-order valence-corrected chi connectivity index (χ2v) is 17.2. The molecule has 7 aliphatic heterocycles. The molecule has 2 spiro atoms. The van der Waals surface area contributed by atoms with Gasteiger partial charge in [0.15, 0.2) is 0 Å². The smallest absolute Gasteiger partial charge is 0.103 e. The van der Waals surface area contributed by atoms with Crippen LogP contribution in [0.3, 0.4) is 0 Å². The van der Waals surface area contributed by atoms with Crippen LogP contribution in [0.2, 0.25) is 0 Å². The number of benzene rings is 2. The van der Waals surface area contributed by atoms with Gasteiger partial charge in [0.2, 0.25) is 0 Å². The van der Waals surface area contributed by atoms with E-state index >= 15 is 0 Å². The highest BCUT2D eigenvalue weighted by Gasteiger charge is 2.75. The lowest BCUT2D eigenvalue weighted by atomic mass is 9.56. The van der Waals surface area contributed by atoms with Crippen LogP contribution in [0, 0.1) is 11.8 Å². The summed E-state index contributed by atoms with van der Waals surface area (Å²) < 4.78 is 2.12. The first-order valence-electron chi connectivity index (χ1n) is 19.2. The summed E-state index contributed by atoms with van der Waals surface area (Å²) in [7, 11) is 0. The van der Waals surface area contributed by atoms with Crippen LogP contribution >= 0.6 is 0 Å². The molecule has 0 aromatic heterocycles. The largest absolute Gasteiger partial charge is 0.392 e. The van der Waals surface area contributed by atoms with E-state index in [-0.39, 0.29) is 36.1 Å². The van der Waals surface area contributed by atoms with Crippen molar-refractivity contribution in [3.63, 3.8) is 0 Å². The summed E-state index contributed by atoms with van der Waals surface area (Å²) in [4.78, 5) is 5.54. The molecule has 11 rings (SSSR count). The molecular weight excluding hydrogens is 617 g/mol. The number of quaternary nitrogens is 2. The maximum absolute atomic E-state index is 10.5. The average molecular weight is 667 g/mol. The number of anilines is 2. The lowest BCUT2D eigenvalue weighted by Crippen LogP contribution is -2.69. The molecule has 2 saturated carbocycles. The van der Waals surface area contributed by atoms with E-state index in [1.807, 2.05) is 0 Å². The molecule has 2 aromatic carbocycles. The molecule has 256 valence electrons. The highest BCUT2D eigenvalue weighted by atomic mass is 16.3. The van der Waals surface area contributed by atoms with Crippen LogP contribution in [0.4, 0.5) is 11.4 Å². The number of hydrogen-bond donors (Lipinski definition) is 2. The van der Waals surface area contributed by atoms with Crippen LogP contribution in [0.15, 0.2) is 121 Å². The van der Waals surface area contributed by atoms with Crippen molar-refractivity contribution in [1.82, 2.24) is 0 Å². The molecule has 0 radical (unpaired) electrons. The summed E-state index contributed by atoms with van der Waals surface area (Å²) in [6.07, 6.45) is 18.6. The van der Waals surface area contributed by atoms with Gasteiger partial charge >= 0.3 is 0 Å². The molecule has 50 heavy (non-hydrogen) atoms. The van der Waals surface area contributed by atoms with Gasteiger partial charge in [0.1, 0.15) is 25.2 Å². The van der Waals surface area contributed by atoms with Crippen LogP contribution in [0.25, 0.3) is 0 Å². The van der Waals surface area contributed by atoms with Crippen LogP contribution in [-0.2, 0) is 10.8 Å². The Morgan fingerprint density at radius 1 is 0.680 bits per heavy atom. The number of fused-ring (bicyclic) bond motifs is 8. The molecule has 2 aromatic rings. The Balaban J connectivity index is 1.22. The first-order chi connectivity index (χ1) is 24.5. The average Bonchev–Trinajstić information content (AvgIpc) is 3.81. The van der Waals surface area contributed by atoms with Crippen molar-refractivity contribution in [3.05, 3.63) is 132 Å². The number of rotatable bonds is 6. The van der Waals surface area contributed by atoms with Gasteiger partial charge in [0.05, 0.1) is 62.3 Å². The molecule has 2 aliphatic carbocycles. The van der Waals surface area contributed by atoms with Gasteiger partial charge < -0.3 is 29.0 Å². The van der Waals surface area contributed by atoms with E-state index in [4.69, 9.17) is 0 Å². The first kappa shape index (κ1) is 30.0. The Kier molecular flexibility index (Phi) is 6.00. The van der Waals surface area contributed by atoms with Crippen molar-refractivity contribution >= 4 is 11.4 Å². The highest BCUT2D eigenvalue weighted by Crippen LogP contribution is 2.69. The standard InChI is InChI=1S/C44H50N4O2/c1-3-17-47-19-15-43-35-9-5-7-11-37(35)45-26-34-32-24-40-44(16-20-48(40,18-4-2)28-30(32)14-22-50)36-10-6-8-12-38(36)46(42(34)44)25-33(41(43)45)31(23-39(43)47)29(27-47)13-21-49/h3-14,25-26,31-32,39-42,49-50H,1-2,15-24,27-28H2/q+2/b29-13-,30-14-,33-25?,34-26?/t31-,32-,39-,40+,41-,42-,43-,44-,47+,48+/m0/s1. The fourth-order valence-corrected chi connectivity index (χ4v) is 14.6. The minimum Gasteiger partial charge on any atom is -0.392 e. The summed E-state index contributed by atoms with van der Waals surface area (Å²) >= 11 is 0. The molecule has 7 heterocycles. The minimum atomic E-state index is 0.0183. The number of hydrogen-bond acceptors (Lipinski definition) is 4. The van der Waals surface area contributed by atoms with E-state index in [2.05, 4.69) is 108 Å². The number of aliphatic hydroxyl groups excluding tert-OH is 2. The summed E-state index contributed by atoms with van der Waals surface area (Å²) in [6, 6.07) is 20.3. The lowest BCUT2D eigenvalue weighted by molar-refractivity contribution is -0.937. The van der Waals surface area contributed by atoms with Gasteiger partial charge in [-0.05, 0) is 57.7 Å². The van der Waals surface area contributed by atoms with Crippen molar-refractivity contribution in [2.75, 3.05) is 62.3 Å². The van der Waals surface area contributed by atoms with Gasteiger partial charge in [0.25, 0.3) is 0 Å². The van der Waals surface area contributed by atoms with E-state index in [1.54, 1.807) is 11.1 Å². The Hall–Kier alpha value is -3.68. The predicted octanol–water partition coefficient (Wildman–Crippen LogP) is 5.48. The van der Waals surface area contributed by atoms with E-state index < -0.39 is 0 Å². The van der Waals surface area contributed by atoms with Gasteiger partial charge in [-0.25, -0.2) is 0 Å². The monoisotopic (exact) mass is 666 g/mol. The van der Waals surface area contributed by atoms with Crippen molar-refractivity contribution in [2.45, 2.75) is 60.7 Å². The third kappa shape index (κ3) is 3.24. The predicted molar refractivity (Wildman–Crippen MR) is 198 cm³/mol. The summed E-state index contributed by atoms with van der Waals surface area (Å²) in [6.45, 7) is 15.0. The Morgan fingerprint density at radius 2 is 1.12 bits per heavy atom. The van der Waals surface area contributed by atoms with Crippen LogP contribution < -0.4 is 9.80 Å². The van der Waals surface area contributed by atoms with Crippen molar-refractivity contribution < 1.29 is 19.2 Å². The molecule has 6 fully saturated rings. The third-order valence-electron chi connectivity index (χ3n) is 15.9. The van der Waals surface area contributed by atoms with Crippen molar-refractivity contribution in [1.29, 1.82) is 0 Å². The zero-order chi connectivity index (χ0) is 33.6. The molecule has 10 atom stereocenters. The fraction of sp³-hybridized carbons (Fsp3) is 0.455. The van der Waals surface area contributed by atoms with Crippen LogP contribution in [0.1, 0.15) is 36.8 Å². The first-order valence-corrected chi connectivity index (χ1v) is 19.2. The van der Waals surface area contributed by atoms with Gasteiger partial charge in [-0.15, -0.1) is 0 Å².